The number of carbonyl (C=O) groups is 2. The van der Waals surface area contributed by atoms with Crippen LogP contribution in [0.5, 0.6) is 0 Å². The van der Waals surface area contributed by atoms with Gasteiger partial charge in [0.15, 0.2) is 105 Å². The van der Waals surface area contributed by atoms with E-state index in [1.165, 1.54) is 21.1 Å². The topological polar surface area (TPSA) is 615 Å². The number of hydrogen-bond acceptors (Lipinski definition) is 53. The monoisotopic (exact) mass is 1500 g/mol. The quantitative estimate of drug-likeness (QED) is 0.0136. The smallest absolute Gasteiger partial charge is 0.217 e. The van der Waals surface area contributed by atoms with Crippen LogP contribution < -0.4 is 36.5 Å². The van der Waals surface area contributed by atoms with Crippen LogP contribution in [0.3, 0.4) is 0 Å². The molecule has 5 aliphatic heterocycles. The third-order valence-electron chi connectivity index (χ3n) is 13.6. The Hall–Kier alpha value is -1.01. The van der Waals surface area contributed by atoms with Crippen LogP contribution in [-0.4, -0.2) is 255 Å². The van der Waals surface area contributed by atoms with E-state index in [9.17, 15) is 72.0 Å². The van der Waals surface area contributed by atoms with Gasteiger partial charge in [-0.05, 0) is 0 Å². The summed E-state index contributed by atoms with van der Waals surface area (Å²) in [6.07, 6.45) is -46.2. The van der Waals surface area contributed by atoms with Gasteiger partial charge in [-0.3, -0.25) is 54.5 Å². The molecule has 0 saturated carbocycles. The van der Waals surface area contributed by atoms with Crippen LogP contribution >= 0.6 is 61.6 Å². The third-order valence-corrected chi connectivity index (χ3v) is 16.4. The molecular weight excluding hydrogens is 1450 g/mol. The van der Waals surface area contributed by atoms with E-state index in [2.05, 4.69) is 55.2 Å². The summed E-state index contributed by atoms with van der Waals surface area (Å²) in [5.41, 5.74) is 0. The Morgan fingerprint density at radius 1 is 0.366 bits per heavy atom. The molecule has 0 spiro atoms. The molecular formula is C38H55O48S7-9. The molecule has 5 heterocycles. The standard InChI is InChI=1S/C38H64O48S7/c1-12-13(10-62-92(48,49)50)64-35(27(57-5)16(12)54-2)69-21-19(55-3)28(58-6)37(71-25(21)32(39)40)68-18-15(11-63-93(51,52)53)66-38(31(76-91-86-81-47)24(18)74-89-84-79-45)70-22-20(56-4)29(59-7)36(72-26(22)33(41)42)67-17-14(9-61-87-82-77-43)65-34(60-8)30(75-90-85-80-46)23(17)73-88-83-78-44/h12-31,34-38,43-47H,9-11H2,1-8H3,(H,39,40)(H,41,42)(H,48,49,50)(H,51,52,53)/p-9/t12-,13?,14?,15+,16-,17-,18-,19+,20?,21+,22+,23+,24?,25?,26-,27?,28?,29?,30?,31?,34+,35+,36+,37-,38-/m1/s1. The summed E-state index contributed by atoms with van der Waals surface area (Å²) in [5, 5.41) is 97.6. The van der Waals surface area contributed by atoms with Crippen molar-refractivity contribution in [2.45, 2.75) is 154 Å². The molecule has 10 unspecified atom stereocenters. The van der Waals surface area contributed by atoms with Gasteiger partial charge in [-0.15, -0.1) is 21.7 Å². The first-order valence-electron chi connectivity index (χ1n) is 25.1. The number of methoxy groups -OCH3 is 7. The minimum atomic E-state index is -5.80. The Bertz CT molecular complexity index is 2370. The number of aliphatic carboxylic acids is 2. The Morgan fingerprint density at radius 2 is 0.677 bits per heavy atom. The third kappa shape index (κ3) is 23.5. The van der Waals surface area contributed by atoms with Gasteiger partial charge in [-0.2, -0.15) is 0 Å². The minimum Gasteiger partial charge on any atom is -0.726 e. The van der Waals surface area contributed by atoms with E-state index in [0.717, 1.165) is 35.5 Å². The highest BCUT2D eigenvalue weighted by molar-refractivity contribution is 7.90. The van der Waals surface area contributed by atoms with Crippen LogP contribution in [0.2, 0.25) is 0 Å². The Kier molecular flexibility index (Phi) is 37.0. The molecule has 0 aromatic carbocycles. The zero-order valence-corrected chi connectivity index (χ0v) is 53.7. The molecule has 0 aromatic rings. The molecule has 5 saturated heterocycles. The number of carboxylic acid groups (broad SMARTS) is 2. The number of carbonyl (C=O) groups excluding carboxylic acids is 2. The summed E-state index contributed by atoms with van der Waals surface area (Å²) in [6, 6.07) is 0. The van der Waals surface area contributed by atoms with Crippen molar-refractivity contribution in [3.63, 3.8) is 0 Å². The molecule has 0 aromatic heterocycles. The molecule has 0 N–H and O–H groups in total. The second kappa shape index (κ2) is 41.7. The first kappa shape index (κ1) is 82.7. The number of rotatable bonds is 44. The molecule has 5 aliphatic rings. The van der Waals surface area contributed by atoms with Crippen LogP contribution in [0.25, 0.3) is 0 Å². The molecule has 25 atom stereocenters. The van der Waals surface area contributed by atoms with Gasteiger partial charge in [0.05, 0.1) is 44.0 Å². The van der Waals surface area contributed by atoms with E-state index in [1.807, 2.05) is 0 Å². The zero-order chi connectivity index (χ0) is 68.6. The average Bonchev–Trinajstić information content (AvgIpc) is 0.771. The summed E-state index contributed by atoms with van der Waals surface area (Å²) >= 11 is -1.08. The summed E-state index contributed by atoms with van der Waals surface area (Å²) in [4.78, 5) is 26.5. The molecule has 5 rings (SSSR count). The van der Waals surface area contributed by atoms with E-state index in [4.69, 9.17) is 96.7 Å². The maximum Gasteiger partial charge on any atom is 0.217 e. The first-order valence-corrected chi connectivity index (χ1v) is 31.1. The van der Waals surface area contributed by atoms with Gasteiger partial charge in [0.1, 0.15) is 91.6 Å². The maximum atomic E-state index is 13.4. The lowest BCUT2D eigenvalue weighted by Crippen LogP contribution is -2.70. The normalized spacial score (nSPS) is 37.0. The molecule has 5 fully saturated rings. The van der Waals surface area contributed by atoms with Crippen LogP contribution in [0.4, 0.5) is 0 Å². The largest absolute Gasteiger partial charge is 0.726 e. The summed E-state index contributed by atoms with van der Waals surface area (Å²) in [7, 11) is -3.71. The van der Waals surface area contributed by atoms with Crippen molar-refractivity contribution in [1.82, 2.24) is 0 Å². The van der Waals surface area contributed by atoms with Crippen molar-refractivity contribution >= 4 is 94.4 Å². The van der Waals surface area contributed by atoms with Crippen LogP contribution in [0, 0.1) is 5.92 Å². The van der Waals surface area contributed by atoms with Crippen molar-refractivity contribution in [3.05, 3.63) is 0 Å². The predicted octanol–water partition coefficient (Wildman–Crippen LogP) is -10.5. The highest BCUT2D eigenvalue weighted by atomic mass is 32.3. The SMILES string of the molecule is COC1C(OC)[C@H](O[C@H]2O[C@@H](COS(=O)(=O)[O-])[C@@H](O[C@@H]3OC(C(=O)[O-])[C@@H](O[C@@H]4OC(COS(=O)(=O)[O-])[C@@H](C)[C@@H](OC)C4OC)[C@H](OC)C3OC)C(OSOO[O-])C2OSOO[O-])[C@H](C(=O)[O-])O[C@@H]1O[C@@H]1C(COSOO[O-])O[C@H](OC)C(OSOO[O-])[C@H]1OSOO[O-]. The van der Waals surface area contributed by atoms with Crippen molar-refractivity contribution in [2.24, 2.45) is 5.92 Å². The predicted molar refractivity (Wildman–Crippen MR) is 259 cm³/mol. The molecule has 93 heavy (non-hydrogen) atoms. The number of ether oxygens (including phenoxy) is 16. The van der Waals surface area contributed by atoms with Crippen molar-refractivity contribution in [2.75, 3.05) is 69.6 Å². The summed E-state index contributed by atoms with van der Waals surface area (Å²) in [5.74, 6) is -5.10. The zero-order valence-electron chi connectivity index (χ0n) is 48.0. The Labute approximate surface area is 546 Å². The molecule has 0 bridgehead atoms. The molecule has 0 amide bonds. The molecule has 55 heteroatoms. The lowest BCUT2D eigenvalue weighted by atomic mass is 9.90. The van der Waals surface area contributed by atoms with Gasteiger partial charge in [0.2, 0.25) is 20.8 Å². The van der Waals surface area contributed by atoms with Gasteiger partial charge in [-0.1, -0.05) is 6.92 Å². The average molecular weight is 1500 g/mol. The van der Waals surface area contributed by atoms with E-state index in [-0.39, 0.29) is 61.6 Å². The van der Waals surface area contributed by atoms with E-state index in [0.29, 0.717) is 0 Å². The van der Waals surface area contributed by atoms with Crippen LogP contribution in [-0.2, 0) is 182 Å². The highest BCUT2D eigenvalue weighted by Gasteiger charge is 2.60. The van der Waals surface area contributed by atoms with Crippen molar-refractivity contribution in [1.29, 1.82) is 0 Å². The molecule has 48 nitrogen and oxygen atoms in total. The molecule has 0 radical (unpaired) electrons. The van der Waals surface area contributed by atoms with Gasteiger partial charge < -0.3 is 131 Å². The van der Waals surface area contributed by atoms with Gasteiger partial charge in [0.25, 0.3) is 0 Å². The fourth-order valence-corrected chi connectivity index (χ4v) is 12.2. The lowest BCUT2D eigenvalue weighted by molar-refractivity contribution is -0.778. The maximum absolute atomic E-state index is 13.4. The second-order valence-electron chi connectivity index (χ2n) is 18.3. The highest BCUT2D eigenvalue weighted by Crippen LogP contribution is 2.42. The molecule has 0 aliphatic carbocycles. The van der Waals surface area contributed by atoms with Crippen molar-refractivity contribution < 1.29 is 224 Å². The van der Waals surface area contributed by atoms with E-state index < -0.39 is 206 Å². The fraction of sp³-hybridized carbons (Fsp3) is 0.947. The Morgan fingerprint density at radius 3 is 1.05 bits per heavy atom. The van der Waals surface area contributed by atoms with Gasteiger partial charge in [0, 0.05) is 55.7 Å². The van der Waals surface area contributed by atoms with Gasteiger partial charge in [-0.25, -0.2) is 16.8 Å². The van der Waals surface area contributed by atoms with Crippen molar-refractivity contribution in [3.8, 4) is 0 Å². The van der Waals surface area contributed by atoms with Crippen LogP contribution in [0.15, 0.2) is 0 Å². The Balaban J connectivity index is 1.57. The second-order valence-corrected chi connectivity index (χ2v) is 22.7. The first-order chi connectivity index (χ1) is 44.5. The van der Waals surface area contributed by atoms with E-state index in [1.54, 1.807) is 0 Å². The fourth-order valence-electron chi connectivity index (χ4n) is 9.90. The van der Waals surface area contributed by atoms with Gasteiger partial charge >= 0.3 is 0 Å². The summed E-state index contributed by atoms with van der Waals surface area (Å²) < 4.78 is 222. The summed E-state index contributed by atoms with van der Waals surface area (Å²) in [6.45, 7) is -1.63. The molecule has 546 valence electrons. The number of hydrogen-bond donors (Lipinski definition) is 0. The lowest BCUT2D eigenvalue weighted by Gasteiger charge is -2.52. The minimum absolute atomic E-state index is 0.0475. The van der Waals surface area contributed by atoms with E-state index >= 15 is 0 Å². The number of carboxylic acids is 2. The van der Waals surface area contributed by atoms with Crippen LogP contribution in [0.1, 0.15) is 6.92 Å².